The van der Waals surface area contributed by atoms with Gasteiger partial charge in [-0.05, 0) is 23.8 Å². The molecule has 3 rings (SSSR count). The molecule has 1 aliphatic heterocycles. The van der Waals surface area contributed by atoms with E-state index in [1.54, 1.807) is 24.3 Å². The van der Waals surface area contributed by atoms with Gasteiger partial charge < -0.3 is 15.0 Å². The van der Waals surface area contributed by atoms with Crippen molar-refractivity contribution in [3.05, 3.63) is 64.6 Å². The van der Waals surface area contributed by atoms with Gasteiger partial charge in [-0.25, -0.2) is 13.2 Å². The van der Waals surface area contributed by atoms with Gasteiger partial charge in [0.05, 0.1) is 4.90 Å². The zero-order chi connectivity index (χ0) is 21.6. The Morgan fingerprint density at radius 2 is 1.70 bits per heavy atom. The van der Waals surface area contributed by atoms with Crippen molar-refractivity contribution >= 4 is 38.0 Å². The van der Waals surface area contributed by atoms with E-state index >= 15 is 0 Å². The van der Waals surface area contributed by atoms with Gasteiger partial charge in [0.2, 0.25) is 15.9 Å². The molecular weight excluding hydrogens is 474 g/mol. The summed E-state index contributed by atoms with van der Waals surface area (Å²) < 4.78 is 32.6. The van der Waals surface area contributed by atoms with E-state index in [0.29, 0.717) is 4.47 Å². The summed E-state index contributed by atoms with van der Waals surface area (Å²) >= 11 is 3.28. The minimum absolute atomic E-state index is 0.118. The topological polar surface area (TPSA) is 96.0 Å². The van der Waals surface area contributed by atoms with Crippen LogP contribution in [0.3, 0.4) is 0 Å². The molecule has 2 amide bonds. The van der Waals surface area contributed by atoms with Gasteiger partial charge in [-0.2, -0.15) is 4.31 Å². The zero-order valence-electron chi connectivity index (χ0n) is 16.2. The molecule has 0 radical (unpaired) electrons. The number of carbonyl (C=O) groups excluding carboxylic acids is 2. The number of hydrogen-bond donors (Lipinski definition) is 1. The molecule has 0 bridgehead atoms. The maximum absolute atomic E-state index is 12.7. The van der Waals surface area contributed by atoms with Crippen molar-refractivity contribution in [3.63, 3.8) is 0 Å². The highest BCUT2D eigenvalue weighted by molar-refractivity contribution is 9.10. The van der Waals surface area contributed by atoms with E-state index in [1.165, 1.54) is 9.21 Å². The number of hydrogen-bond acceptors (Lipinski definition) is 5. The van der Waals surface area contributed by atoms with Crippen molar-refractivity contribution in [1.29, 1.82) is 0 Å². The number of carbonyl (C=O) groups is 2. The van der Waals surface area contributed by atoms with Crippen molar-refractivity contribution < 1.29 is 22.7 Å². The first-order valence-electron chi connectivity index (χ1n) is 9.34. The van der Waals surface area contributed by atoms with Crippen LogP contribution in [-0.2, 0) is 26.2 Å². The van der Waals surface area contributed by atoms with Gasteiger partial charge in [0.15, 0.2) is 0 Å². The second kappa shape index (κ2) is 10.1. The highest BCUT2D eigenvalue weighted by Crippen LogP contribution is 2.21. The summed E-state index contributed by atoms with van der Waals surface area (Å²) in [5.74, 6) is -0.286. The number of amides is 2. The molecule has 0 aromatic heterocycles. The first-order chi connectivity index (χ1) is 14.4. The molecule has 1 N–H and O–H groups in total. The lowest BCUT2D eigenvalue weighted by atomic mass is 10.2. The SMILES string of the molecule is O=C(NCC(=O)N1CCN(S(=O)(=O)c2cccc(Br)c2)CC1)OCc1ccccc1. The lowest BCUT2D eigenvalue weighted by molar-refractivity contribution is -0.131. The van der Waals surface area contributed by atoms with Crippen molar-refractivity contribution in [2.75, 3.05) is 32.7 Å². The standard InChI is InChI=1S/C20H22BrN3O5S/c21-17-7-4-8-18(13-17)30(27,28)24-11-9-23(10-12-24)19(25)14-22-20(26)29-15-16-5-2-1-3-6-16/h1-8,13H,9-12,14-15H2,(H,22,26). The molecule has 30 heavy (non-hydrogen) atoms. The Kier molecular flexibility index (Phi) is 7.46. The van der Waals surface area contributed by atoms with Crippen LogP contribution in [0.2, 0.25) is 0 Å². The van der Waals surface area contributed by atoms with Crippen LogP contribution < -0.4 is 5.32 Å². The molecule has 160 valence electrons. The third kappa shape index (κ3) is 5.80. The Balaban J connectivity index is 1.44. The van der Waals surface area contributed by atoms with Crippen LogP contribution in [-0.4, -0.2) is 62.3 Å². The van der Waals surface area contributed by atoms with Gasteiger partial charge in [0.25, 0.3) is 0 Å². The Bertz CT molecular complexity index is 993. The number of sulfonamides is 1. The number of alkyl carbamates (subject to hydrolysis) is 1. The molecule has 2 aromatic rings. The fraction of sp³-hybridized carbons (Fsp3) is 0.300. The number of nitrogens with one attached hydrogen (secondary N) is 1. The summed E-state index contributed by atoms with van der Waals surface area (Å²) in [5, 5.41) is 2.43. The third-order valence-corrected chi connectivity index (χ3v) is 7.01. The normalized spacial score (nSPS) is 14.9. The molecule has 0 saturated carbocycles. The summed E-state index contributed by atoms with van der Waals surface area (Å²) in [6, 6.07) is 15.7. The third-order valence-electron chi connectivity index (χ3n) is 4.62. The van der Waals surface area contributed by atoms with Crippen molar-refractivity contribution in [2.24, 2.45) is 0 Å². The van der Waals surface area contributed by atoms with Gasteiger partial charge >= 0.3 is 6.09 Å². The number of nitrogens with zero attached hydrogens (tertiary/aromatic N) is 2. The molecule has 1 fully saturated rings. The number of ether oxygens (including phenoxy) is 1. The molecule has 1 heterocycles. The van der Waals surface area contributed by atoms with Gasteiger partial charge in [0, 0.05) is 30.7 Å². The summed E-state index contributed by atoms with van der Waals surface area (Å²) in [6.07, 6.45) is -0.678. The van der Waals surface area contributed by atoms with E-state index in [4.69, 9.17) is 4.74 Å². The molecule has 0 spiro atoms. The van der Waals surface area contributed by atoms with E-state index in [9.17, 15) is 18.0 Å². The molecule has 8 nitrogen and oxygen atoms in total. The Morgan fingerprint density at radius 1 is 1.00 bits per heavy atom. The van der Waals surface area contributed by atoms with E-state index in [1.807, 2.05) is 30.3 Å². The highest BCUT2D eigenvalue weighted by atomic mass is 79.9. The van der Waals surface area contributed by atoms with Crippen LogP contribution in [0.1, 0.15) is 5.56 Å². The zero-order valence-corrected chi connectivity index (χ0v) is 18.6. The molecule has 1 aliphatic rings. The average Bonchev–Trinajstić information content (AvgIpc) is 2.77. The Hall–Kier alpha value is -2.43. The second-order valence-electron chi connectivity index (χ2n) is 6.66. The smallest absolute Gasteiger partial charge is 0.407 e. The molecular formula is C20H22BrN3O5S. The number of piperazine rings is 1. The molecule has 10 heteroatoms. The van der Waals surface area contributed by atoms with Gasteiger partial charge in [-0.1, -0.05) is 52.3 Å². The molecule has 0 aliphatic carbocycles. The minimum atomic E-state index is -3.62. The van der Waals surface area contributed by atoms with Crippen molar-refractivity contribution in [2.45, 2.75) is 11.5 Å². The quantitative estimate of drug-likeness (QED) is 0.662. The minimum Gasteiger partial charge on any atom is -0.445 e. The van der Waals surface area contributed by atoms with Crippen LogP contribution in [0, 0.1) is 0 Å². The van der Waals surface area contributed by atoms with Gasteiger partial charge in [-0.3, -0.25) is 4.79 Å². The average molecular weight is 496 g/mol. The molecule has 2 aromatic carbocycles. The van der Waals surface area contributed by atoms with Crippen LogP contribution in [0.5, 0.6) is 0 Å². The maximum atomic E-state index is 12.7. The molecule has 1 saturated heterocycles. The molecule has 0 atom stereocenters. The van der Waals surface area contributed by atoms with Crippen LogP contribution in [0.4, 0.5) is 4.79 Å². The summed E-state index contributed by atoms with van der Waals surface area (Å²) in [4.78, 5) is 25.8. The lowest BCUT2D eigenvalue weighted by Gasteiger charge is -2.34. The van der Waals surface area contributed by atoms with E-state index < -0.39 is 16.1 Å². The van der Waals surface area contributed by atoms with E-state index in [2.05, 4.69) is 21.2 Å². The van der Waals surface area contributed by atoms with Crippen LogP contribution in [0.25, 0.3) is 0 Å². The summed E-state index contributed by atoms with van der Waals surface area (Å²) in [7, 11) is -3.62. The second-order valence-corrected chi connectivity index (χ2v) is 9.51. The highest BCUT2D eigenvalue weighted by Gasteiger charge is 2.30. The predicted octanol–water partition coefficient (Wildman–Crippen LogP) is 2.21. The largest absolute Gasteiger partial charge is 0.445 e. The summed E-state index contributed by atoms with van der Waals surface area (Å²) in [6.45, 7) is 0.816. The monoisotopic (exact) mass is 495 g/mol. The lowest BCUT2D eigenvalue weighted by Crippen LogP contribution is -2.52. The van der Waals surface area contributed by atoms with Crippen molar-refractivity contribution in [3.8, 4) is 0 Å². The van der Waals surface area contributed by atoms with E-state index in [0.717, 1.165) is 5.56 Å². The van der Waals surface area contributed by atoms with Gasteiger partial charge in [0.1, 0.15) is 13.2 Å². The number of halogens is 1. The van der Waals surface area contributed by atoms with Crippen LogP contribution in [0.15, 0.2) is 64.0 Å². The number of rotatable bonds is 6. The first kappa shape index (κ1) is 22.3. The Morgan fingerprint density at radius 3 is 2.37 bits per heavy atom. The Labute approximate surface area is 184 Å². The van der Waals surface area contributed by atoms with E-state index in [-0.39, 0.29) is 50.1 Å². The van der Waals surface area contributed by atoms with Crippen molar-refractivity contribution in [1.82, 2.24) is 14.5 Å². The predicted molar refractivity (Wildman–Crippen MR) is 114 cm³/mol. The van der Waals surface area contributed by atoms with Crippen LogP contribution >= 0.6 is 15.9 Å². The first-order valence-corrected chi connectivity index (χ1v) is 11.6. The number of benzene rings is 2. The maximum Gasteiger partial charge on any atom is 0.407 e. The summed E-state index contributed by atoms with van der Waals surface area (Å²) in [5.41, 5.74) is 0.849. The van der Waals surface area contributed by atoms with Gasteiger partial charge in [-0.15, -0.1) is 0 Å². The fourth-order valence-electron chi connectivity index (χ4n) is 2.99. The molecule has 0 unspecified atom stereocenters. The fourth-order valence-corrected chi connectivity index (χ4v) is 5.01.